The minimum Gasteiger partial charge on any atom is -0.508 e. The highest BCUT2D eigenvalue weighted by molar-refractivity contribution is 5.53. The predicted octanol–water partition coefficient (Wildman–Crippen LogP) is 3.29. The molecule has 2 saturated heterocycles. The number of fused-ring (bicyclic) bond motifs is 2. The van der Waals surface area contributed by atoms with Crippen molar-refractivity contribution >= 4 is 5.69 Å². The summed E-state index contributed by atoms with van der Waals surface area (Å²) in [7, 11) is 0. The van der Waals surface area contributed by atoms with Gasteiger partial charge >= 0.3 is 0 Å². The summed E-state index contributed by atoms with van der Waals surface area (Å²) in [5, 5.41) is 9.76. The molecule has 1 N–H and O–H groups in total. The molecule has 0 radical (unpaired) electrons. The zero-order chi connectivity index (χ0) is 15.6. The van der Waals surface area contributed by atoms with Gasteiger partial charge in [-0.1, -0.05) is 36.4 Å². The highest BCUT2D eigenvalue weighted by Crippen LogP contribution is 2.35. The van der Waals surface area contributed by atoms with Crippen molar-refractivity contribution in [1.29, 1.82) is 0 Å². The molecule has 2 aromatic rings. The fourth-order valence-corrected chi connectivity index (χ4v) is 4.18. The summed E-state index contributed by atoms with van der Waals surface area (Å²) < 4.78 is 0. The van der Waals surface area contributed by atoms with Crippen LogP contribution in [-0.4, -0.2) is 41.7 Å². The Labute approximate surface area is 138 Å². The van der Waals surface area contributed by atoms with Gasteiger partial charge < -0.3 is 10.0 Å². The lowest BCUT2D eigenvalue weighted by Gasteiger charge is -2.42. The van der Waals surface area contributed by atoms with Crippen LogP contribution in [0.15, 0.2) is 54.6 Å². The number of phenolic OH excluding ortho intramolecular Hbond substituents is 1. The third kappa shape index (κ3) is 3.06. The van der Waals surface area contributed by atoms with Gasteiger partial charge in [0, 0.05) is 43.5 Å². The van der Waals surface area contributed by atoms with Gasteiger partial charge in [-0.05, 0) is 37.0 Å². The number of aromatic hydroxyl groups is 1. The molecule has 2 aliphatic rings. The maximum Gasteiger partial charge on any atom is 0.117 e. The zero-order valence-corrected chi connectivity index (χ0v) is 13.4. The Morgan fingerprint density at radius 2 is 1.65 bits per heavy atom. The Hall–Kier alpha value is -2.00. The first-order chi connectivity index (χ1) is 11.3. The number of nitrogens with zero attached hydrogens (tertiary/aromatic N) is 2. The van der Waals surface area contributed by atoms with Gasteiger partial charge in [-0.2, -0.15) is 0 Å². The molecule has 120 valence electrons. The highest BCUT2D eigenvalue weighted by atomic mass is 16.3. The van der Waals surface area contributed by atoms with Crippen molar-refractivity contribution in [1.82, 2.24) is 4.90 Å². The van der Waals surface area contributed by atoms with Gasteiger partial charge in [0.05, 0.1) is 0 Å². The van der Waals surface area contributed by atoms with E-state index in [-0.39, 0.29) is 0 Å². The van der Waals surface area contributed by atoms with Crippen molar-refractivity contribution in [2.75, 3.05) is 24.5 Å². The van der Waals surface area contributed by atoms with Gasteiger partial charge in [0.2, 0.25) is 0 Å². The van der Waals surface area contributed by atoms with E-state index in [9.17, 15) is 5.11 Å². The number of phenols is 1. The van der Waals surface area contributed by atoms with Gasteiger partial charge in [-0.3, -0.25) is 4.90 Å². The molecule has 0 unspecified atom stereocenters. The first-order valence-corrected chi connectivity index (χ1v) is 8.63. The molecule has 0 aromatic heterocycles. The number of rotatable bonds is 4. The minimum atomic E-state index is 0.369. The topological polar surface area (TPSA) is 26.7 Å². The van der Waals surface area contributed by atoms with Crippen molar-refractivity contribution < 1.29 is 5.11 Å². The standard InChI is InChI=1S/C20H24N2O/c23-20-8-4-7-17(13-20)22-18-9-10-19(22)15-21(14-18)12-11-16-5-2-1-3-6-16/h1-8,13,18-19,23H,9-12,14-15H2/t18-,19+. The molecule has 0 aliphatic carbocycles. The van der Waals surface area contributed by atoms with Crippen molar-refractivity contribution in [3.05, 3.63) is 60.2 Å². The second kappa shape index (κ2) is 6.25. The summed E-state index contributed by atoms with van der Waals surface area (Å²) in [5.41, 5.74) is 2.61. The second-order valence-corrected chi connectivity index (χ2v) is 6.81. The number of benzene rings is 2. The average Bonchev–Trinajstić information content (AvgIpc) is 2.84. The Morgan fingerprint density at radius 3 is 2.35 bits per heavy atom. The molecule has 2 aliphatic heterocycles. The van der Waals surface area contributed by atoms with Crippen LogP contribution in [-0.2, 0) is 6.42 Å². The maximum absolute atomic E-state index is 9.76. The van der Waals surface area contributed by atoms with Crippen LogP contribution in [0.1, 0.15) is 18.4 Å². The van der Waals surface area contributed by atoms with Crippen LogP contribution in [0.5, 0.6) is 5.75 Å². The number of anilines is 1. The molecule has 2 bridgehead atoms. The molecule has 3 nitrogen and oxygen atoms in total. The fourth-order valence-electron chi connectivity index (χ4n) is 4.18. The summed E-state index contributed by atoms with van der Waals surface area (Å²) in [6.45, 7) is 3.42. The lowest BCUT2D eigenvalue weighted by atomic mass is 10.1. The Kier molecular flexibility index (Phi) is 3.96. The minimum absolute atomic E-state index is 0.369. The van der Waals surface area contributed by atoms with Gasteiger partial charge in [-0.25, -0.2) is 0 Å². The van der Waals surface area contributed by atoms with Gasteiger partial charge in [-0.15, -0.1) is 0 Å². The van der Waals surface area contributed by atoms with Crippen LogP contribution in [0.4, 0.5) is 5.69 Å². The summed E-state index contributed by atoms with van der Waals surface area (Å²) in [5.74, 6) is 0.369. The Morgan fingerprint density at radius 1 is 0.913 bits per heavy atom. The lowest BCUT2D eigenvalue weighted by molar-refractivity contribution is 0.222. The van der Waals surface area contributed by atoms with E-state index in [0.29, 0.717) is 17.8 Å². The Balaban J connectivity index is 1.42. The van der Waals surface area contributed by atoms with Crippen LogP contribution in [0.2, 0.25) is 0 Å². The van der Waals surface area contributed by atoms with E-state index in [0.717, 1.165) is 26.1 Å². The SMILES string of the molecule is Oc1cccc(N2[C@@H]3CC[C@H]2CN(CCc2ccccc2)C3)c1. The van der Waals surface area contributed by atoms with Crippen molar-refractivity contribution in [2.45, 2.75) is 31.3 Å². The summed E-state index contributed by atoms with van der Waals surface area (Å²) in [6, 6.07) is 19.7. The average molecular weight is 308 g/mol. The van der Waals surface area contributed by atoms with E-state index < -0.39 is 0 Å². The smallest absolute Gasteiger partial charge is 0.117 e. The molecule has 2 fully saturated rings. The third-order valence-electron chi connectivity index (χ3n) is 5.25. The van der Waals surface area contributed by atoms with Crippen molar-refractivity contribution in [2.24, 2.45) is 0 Å². The monoisotopic (exact) mass is 308 g/mol. The number of hydrogen-bond acceptors (Lipinski definition) is 3. The zero-order valence-electron chi connectivity index (χ0n) is 13.4. The molecule has 23 heavy (non-hydrogen) atoms. The fraction of sp³-hybridized carbons (Fsp3) is 0.400. The molecule has 2 aromatic carbocycles. The first kappa shape index (κ1) is 14.6. The molecule has 0 spiro atoms. The molecule has 0 saturated carbocycles. The number of piperazine rings is 1. The van der Waals surface area contributed by atoms with Gasteiger partial charge in [0.1, 0.15) is 5.75 Å². The van der Waals surface area contributed by atoms with E-state index in [1.165, 1.54) is 24.1 Å². The quantitative estimate of drug-likeness (QED) is 0.939. The summed E-state index contributed by atoms with van der Waals surface area (Å²) >= 11 is 0. The van der Waals surface area contributed by atoms with E-state index in [1.807, 2.05) is 12.1 Å². The molecule has 2 heterocycles. The normalized spacial score (nSPS) is 24.1. The molecule has 2 atom stereocenters. The number of hydrogen-bond donors (Lipinski definition) is 1. The molecule has 3 heteroatoms. The summed E-state index contributed by atoms with van der Waals surface area (Å²) in [4.78, 5) is 5.16. The van der Waals surface area contributed by atoms with E-state index >= 15 is 0 Å². The van der Waals surface area contributed by atoms with Crippen molar-refractivity contribution in [3.8, 4) is 5.75 Å². The summed E-state index contributed by atoms with van der Waals surface area (Å²) in [6.07, 6.45) is 3.66. The van der Waals surface area contributed by atoms with E-state index in [2.05, 4.69) is 46.2 Å². The van der Waals surface area contributed by atoms with Crippen LogP contribution < -0.4 is 4.90 Å². The second-order valence-electron chi connectivity index (χ2n) is 6.81. The van der Waals surface area contributed by atoms with Crippen LogP contribution in [0.3, 0.4) is 0 Å². The van der Waals surface area contributed by atoms with Crippen LogP contribution in [0.25, 0.3) is 0 Å². The van der Waals surface area contributed by atoms with Gasteiger partial charge in [0.25, 0.3) is 0 Å². The molecule has 0 amide bonds. The molecular formula is C20H24N2O. The van der Waals surface area contributed by atoms with E-state index in [1.54, 1.807) is 6.07 Å². The third-order valence-corrected chi connectivity index (χ3v) is 5.25. The van der Waals surface area contributed by atoms with Gasteiger partial charge in [0.15, 0.2) is 0 Å². The van der Waals surface area contributed by atoms with Crippen LogP contribution in [0, 0.1) is 0 Å². The van der Waals surface area contributed by atoms with Crippen molar-refractivity contribution in [3.63, 3.8) is 0 Å². The lowest BCUT2D eigenvalue weighted by Crippen LogP contribution is -2.54. The predicted molar refractivity (Wildman–Crippen MR) is 94.0 cm³/mol. The largest absolute Gasteiger partial charge is 0.508 e. The first-order valence-electron chi connectivity index (χ1n) is 8.63. The maximum atomic E-state index is 9.76. The molecule has 4 rings (SSSR count). The molecular weight excluding hydrogens is 284 g/mol. The Bertz CT molecular complexity index is 644. The number of likely N-dealkylation sites (tertiary alicyclic amines) is 1. The van der Waals surface area contributed by atoms with Crippen LogP contribution >= 0.6 is 0 Å². The highest BCUT2D eigenvalue weighted by Gasteiger charge is 2.39. The van der Waals surface area contributed by atoms with E-state index in [4.69, 9.17) is 0 Å².